The molecule has 1 N–H and O–H groups in total. The molecule has 1 heterocycles. The Bertz CT molecular complexity index is 1380. The number of carbonyl (C=O) groups is 3. The second-order valence-corrected chi connectivity index (χ2v) is 8.71. The van der Waals surface area contributed by atoms with Crippen LogP contribution in [0.15, 0.2) is 82.8 Å². The lowest BCUT2D eigenvalue weighted by atomic mass is 9.95. The van der Waals surface area contributed by atoms with Gasteiger partial charge in [0.15, 0.2) is 0 Å². The van der Waals surface area contributed by atoms with Gasteiger partial charge in [0.2, 0.25) is 0 Å². The van der Waals surface area contributed by atoms with Crippen LogP contribution in [-0.2, 0) is 14.3 Å². The minimum Gasteiger partial charge on any atom is -0.507 e. The summed E-state index contributed by atoms with van der Waals surface area (Å²) < 4.78 is 5.77. The van der Waals surface area contributed by atoms with Crippen LogP contribution in [0.3, 0.4) is 0 Å². The summed E-state index contributed by atoms with van der Waals surface area (Å²) in [7, 11) is 0. The molecule has 36 heavy (non-hydrogen) atoms. The van der Waals surface area contributed by atoms with Crippen molar-refractivity contribution in [3.05, 3.63) is 110 Å². The summed E-state index contributed by atoms with van der Waals surface area (Å²) >= 11 is 3.36. The van der Waals surface area contributed by atoms with Crippen LogP contribution in [0.2, 0.25) is 0 Å². The molecule has 182 valence electrons. The van der Waals surface area contributed by atoms with E-state index in [0.717, 1.165) is 4.47 Å². The van der Waals surface area contributed by atoms with Crippen LogP contribution in [0.25, 0.3) is 5.76 Å². The average molecular weight is 551 g/mol. The number of halogens is 1. The second-order valence-electron chi connectivity index (χ2n) is 7.79. The topological polar surface area (TPSA) is 127 Å². The number of anilines is 1. The van der Waals surface area contributed by atoms with Crippen molar-refractivity contribution in [1.29, 1.82) is 0 Å². The van der Waals surface area contributed by atoms with Gasteiger partial charge >= 0.3 is 5.97 Å². The zero-order valence-electron chi connectivity index (χ0n) is 18.9. The largest absolute Gasteiger partial charge is 0.507 e. The van der Waals surface area contributed by atoms with Gasteiger partial charge in [-0.2, -0.15) is 0 Å². The van der Waals surface area contributed by atoms with E-state index in [9.17, 15) is 29.6 Å². The van der Waals surface area contributed by atoms with Gasteiger partial charge in [0, 0.05) is 27.9 Å². The summed E-state index contributed by atoms with van der Waals surface area (Å²) in [6.07, 6.45) is 0. The quantitative estimate of drug-likeness (QED) is 0.112. The van der Waals surface area contributed by atoms with Crippen molar-refractivity contribution >= 4 is 50.7 Å². The Hall–Kier alpha value is -4.31. The van der Waals surface area contributed by atoms with Gasteiger partial charge < -0.3 is 9.84 Å². The number of hydrogen-bond acceptors (Lipinski definition) is 7. The molecule has 0 radical (unpaired) electrons. The van der Waals surface area contributed by atoms with Gasteiger partial charge in [-0.15, -0.1) is 0 Å². The van der Waals surface area contributed by atoms with Crippen LogP contribution >= 0.6 is 15.9 Å². The van der Waals surface area contributed by atoms with Crippen LogP contribution in [0.5, 0.6) is 0 Å². The maximum Gasteiger partial charge on any atom is 0.338 e. The van der Waals surface area contributed by atoms with E-state index in [1.54, 1.807) is 31.2 Å². The van der Waals surface area contributed by atoms with Gasteiger partial charge in [0.05, 0.1) is 28.7 Å². The molecule has 3 aromatic carbocycles. The molecular weight excluding hydrogens is 532 g/mol. The maximum atomic E-state index is 13.2. The molecule has 1 amide bonds. The van der Waals surface area contributed by atoms with Crippen molar-refractivity contribution in [3.8, 4) is 0 Å². The first kappa shape index (κ1) is 24.8. The van der Waals surface area contributed by atoms with E-state index in [2.05, 4.69) is 15.9 Å². The van der Waals surface area contributed by atoms with Gasteiger partial charge in [0.1, 0.15) is 5.76 Å². The Kier molecular flexibility index (Phi) is 6.98. The van der Waals surface area contributed by atoms with Crippen molar-refractivity contribution in [2.75, 3.05) is 11.5 Å². The van der Waals surface area contributed by atoms with Crippen molar-refractivity contribution in [2.45, 2.75) is 13.0 Å². The van der Waals surface area contributed by atoms with Crippen LogP contribution in [-0.4, -0.2) is 34.3 Å². The van der Waals surface area contributed by atoms with Gasteiger partial charge in [0.25, 0.3) is 17.4 Å². The number of Topliss-reactive ketones (excluding diaryl/α,β-unsaturated/α-hetero) is 1. The third-order valence-electron chi connectivity index (χ3n) is 5.64. The predicted molar refractivity (Wildman–Crippen MR) is 134 cm³/mol. The van der Waals surface area contributed by atoms with Gasteiger partial charge in [-0.1, -0.05) is 28.1 Å². The minimum atomic E-state index is -0.985. The number of ketones is 1. The molecule has 0 aliphatic carbocycles. The van der Waals surface area contributed by atoms with Crippen LogP contribution in [0.4, 0.5) is 11.4 Å². The summed E-state index contributed by atoms with van der Waals surface area (Å²) in [6.45, 7) is 1.90. The maximum absolute atomic E-state index is 13.2. The number of nitrogens with zero attached hydrogens (tertiary/aromatic N) is 2. The number of hydrogen-bond donors (Lipinski definition) is 1. The number of esters is 1. The third kappa shape index (κ3) is 4.63. The molecule has 1 atom stereocenters. The highest BCUT2D eigenvalue weighted by atomic mass is 79.9. The lowest BCUT2D eigenvalue weighted by Crippen LogP contribution is -2.29. The minimum absolute atomic E-state index is 0.151. The van der Waals surface area contributed by atoms with E-state index < -0.39 is 34.4 Å². The van der Waals surface area contributed by atoms with Crippen LogP contribution in [0.1, 0.15) is 34.5 Å². The summed E-state index contributed by atoms with van der Waals surface area (Å²) in [4.78, 5) is 50.1. The van der Waals surface area contributed by atoms with Crippen molar-refractivity contribution in [1.82, 2.24) is 0 Å². The highest BCUT2D eigenvalue weighted by Gasteiger charge is 2.47. The summed E-state index contributed by atoms with van der Waals surface area (Å²) in [5.41, 5.74) is 0.974. The molecule has 0 aromatic heterocycles. The Morgan fingerprint density at radius 1 is 1.00 bits per heavy atom. The summed E-state index contributed by atoms with van der Waals surface area (Å²) in [5.74, 6) is -2.75. The zero-order chi connectivity index (χ0) is 26.0. The monoisotopic (exact) mass is 550 g/mol. The number of nitro benzene ring substituents is 1. The van der Waals surface area contributed by atoms with E-state index in [4.69, 9.17) is 4.74 Å². The molecule has 0 bridgehead atoms. The molecule has 0 unspecified atom stereocenters. The SMILES string of the molecule is CCOC(=O)c1ccc(N2C(=O)C(=O)C(=C(O)c3ccc([N+](=O)[O-])cc3)[C@H]2c2ccc(Br)cc2)cc1. The second kappa shape index (κ2) is 10.1. The Morgan fingerprint density at radius 3 is 2.14 bits per heavy atom. The Morgan fingerprint density at radius 2 is 1.58 bits per heavy atom. The number of amides is 1. The third-order valence-corrected chi connectivity index (χ3v) is 6.17. The van der Waals surface area contributed by atoms with Crippen molar-refractivity contribution in [3.63, 3.8) is 0 Å². The van der Waals surface area contributed by atoms with Crippen molar-refractivity contribution < 1.29 is 29.2 Å². The first-order chi connectivity index (χ1) is 17.2. The number of benzene rings is 3. The molecule has 3 aromatic rings. The zero-order valence-corrected chi connectivity index (χ0v) is 20.5. The molecule has 0 saturated carbocycles. The number of carbonyl (C=O) groups excluding carboxylic acids is 3. The van der Waals surface area contributed by atoms with Gasteiger partial charge in [-0.05, 0) is 61.0 Å². The van der Waals surface area contributed by atoms with E-state index in [1.165, 1.54) is 53.4 Å². The normalized spacial score (nSPS) is 16.7. The lowest BCUT2D eigenvalue weighted by Gasteiger charge is -2.25. The molecule has 1 saturated heterocycles. The van der Waals surface area contributed by atoms with Crippen molar-refractivity contribution in [2.24, 2.45) is 0 Å². The van der Waals surface area contributed by atoms with Gasteiger partial charge in [-0.25, -0.2) is 4.79 Å². The molecule has 4 rings (SSSR count). The standard InChI is InChI=1S/C26H19BrN2O7/c1-2-36-26(33)17-7-11-19(12-8-17)28-22(15-3-9-18(27)10-4-15)21(24(31)25(28)32)23(30)16-5-13-20(14-6-16)29(34)35/h3-14,22,30H,2H2,1H3/t22-/m1/s1. The molecule has 9 nitrogen and oxygen atoms in total. The number of non-ortho nitro benzene ring substituents is 1. The fourth-order valence-corrected chi connectivity index (χ4v) is 4.19. The average Bonchev–Trinajstić information content (AvgIpc) is 3.14. The number of aliphatic hydroxyl groups excluding tert-OH is 1. The molecule has 0 spiro atoms. The number of aliphatic hydroxyl groups is 1. The Balaban J connectivity index is 1.84. The Labute approximate surface area is 213 Å². The first-order valence-corrected chi connectivity index (χ1v) is 11.6. The number of nitro groups is 1. The summed E-state index contributed by atoms with van der Waals surface area (Å²) in [5, 5.41) is 22.1. The lowest BCUT2D eigenvalue weighted by molar-refractivity contribution is -0.384. The highest BCUT2D eigenvalue weighted by molar-refractivity contribution is 9.10. The molecule has 1 fully saturated rings. The van der Waals surface area contributed by atoms with Crippen LogP contribution in [0, 0.1) is 10.1 Å². The van der Waals surface area contributed by atoms with E-state index in [-0.39, 0.29) is 29.0 Å². The molecule has 1 aliphatic rings. The fourth-order valence-electron chi connectivity index (χ4n) is 3.93. The van der Waals surface area contributed by atoms with E-state index in [1.807, 2.05) is 0 Å². The first-order valence-electron chi connectivity index (χ1n) is 10.8. The number of rotatable bonds is 6. The van der Waals surface area contributed by atoms with Gasteiger partial charge in [-0.3, -0.25) is 24.6 Å². The fraction of sp³-hybridized carbons (Fsp3) is 0.115. The smallest absolute Gasteiger partial charge is 0.338 e. The summed E-state index contributed by atoms with van der Waals surface area (Å²) in [6, 6.07) is 17.0. The molecule has 10 heteroatoms. The van der Waals surface area contributed by atoms with E-state index in [0.29, 0.717) is 11.3 Å². The molecular formula is C26H19BrN2O7. The van der Waals surface area contributed by atoms with Crippen LogP contribution < -0.4 is 4.90 Å². The van der Waals surface area contributed by atoms with E-state index >= 15 is 0 Å². The predicted octanol–water partition coefficient (Wildman–Crippen LogP) is 5.16. The highest BCUT2D eigenvalue weighted by Crippen LogP contribution is 2.42. The molecule has 1 aliphatic heterocycles. The number of ether oxygens (including phenoxy) is 1.